The smallest absolute Gasteiger partial charge is 0.301 e. The maximum absolute atomic E-state index is 11.9. The van der Waals surface area contributed by atoms with Crippen molar-refractivity contribution in [3.63, 3.8) is 0 Å². The van der Waals surface area contributed by atoms with Crippen LogP contribution in [0.4, 0.5) is 5.69 Å². The molecule has 1 aromatic heterocycles. The van der Waals surface area contributed by atoms with Crippen molar-refractivity contribution in [2.45, 2.75) is 13.3 Å². The van der Waals surface area contributed by atoms with E-state index in [1.54, 1.807) is 25.0 Å². The molecule has 1 rings (SSSR count). The highest BCUT2D eigenvalue weighted by Gasteiger charge is 2.17. The van der Waals surface area contributed by atoms with Gasteiger partial charge in [-0.05, 0) is 19.5 Å². The first-order valence-electron chi connectivity index (χ1n) is 5.89. The van der Waals surface area contributed by atoms with Crippen molar-refractivity contribution in [2.75, 3.05) is 31.4 Å². The van der Waals surface area contributed by atoms with E-state index in [0.717, 1.165) is 19.5 Å². The molecule has 0 saturated heterocycles. The van der Waals surface area contributed by atoms with Crippen LogP contribution in [0.2, 0.25) is 0 Å². The molecule has 0 aliphatic heterocycles. The summed E-state index contributed by atoms with van der Waals surface area (Å²) in [5, 5.41) is 7.06. The van der Waals surface area contributed by atoms with Gasteiger partial charge >= 0.3 is 10.2 Å². The molecule has 0 fully saturated rings. The predicted octanol–water partition coefficient (Wildman–Crippen LogP) is 0.00820. The van der Waals surface area contributed by atoms with Crippen molar-refractivity contribution in [3.8, 4) is 0 Å². The zero-order chi connectivity index (χ0) is 13.6. The molecule has 1 heterocycles. The zero-order valence-corrected chi connectivity index (χ0v) is 11.9. The van der Waals surface area contributed by atoms with Gasteiger partial charge in [0.25, 0.3) is 0 Å². The van der Waals surface area contributed by atoms with Gasteiger partial charge < -0.3 is 5.32 Å². The molecule has 0 amide bonds. The van der Waals surface area contributed by atoms with Gasteiger partial charge in [0.1, 0.15) is 0 Å². The molecular formula is C10H21N5O2S. The summed E-state index contributed by atoms with van der Waals surface area (Å²) in [5.41, 5.74) is 0.469. The zero-order valence-electron chi connectivity index (χ0n) is 11.0. The maximum atomic E-state index is 11.9. The van der Waals surface area contributed by atoms with Gasteiger partial charge in [-0.2, -0.15) is 17.8 Å². The summed E-state index contributed by atoms with van der Waals surface area (Å²) in [6.07, 6.45) is 3.87. The lowest BCUT2D eigenvalue weighted by Crippen LogP contribution is -2.34. The fourth-order valence-corrected chi connectivity index (χ4v) is 2.35. The Balaban J connectivity index is 2.47. The van der Waals surface area contributed by atoms with E-state index in [1.165, 1.54) is 10.5 Å². The SMILES string of the molecule is CCNCCCN(C)S(=O)(=O)Nc1cnn(C)c1. The van der Waals surface area contributed by atoms with Crippen molar-refractivity contribution in [1.29, 1.82) is 0 Å². The van der Waals surface area contributed by atoms with Crippen LogP contribution in [0.5, 0.6) is 0 Å². The summed E-state index contributed by atoms with van der Waals surface area (Å²) in [6.45, 7) is 4.20. The second-order valence-corrected chi connectivity index (χ2v) is 5.82. The van der Waals surface area contributed by atoms with Crippen LogP contribution in [-0.2, 0) is 17.3 Å². The number of aromatic nitrogens is 2. The third-order valence-electron chi connectivity index (χ3n) is 2.44. The number of hydrogen-bond acceptors (Lipinski definition) is 4. The molecule has 0 aliphatic rings. The molecule has 0 radical (unpaired) electrons. The van der Waals surface area contributed by atoms with E-state index in [0.29, 0.717) is 12.2 Å². The molecule has 0 unspecified atom stereocenters. The van der Waals surface area contributed by atoms with Crippen LogP contribution < -0.4 is 10.0 Å². The molecule has 0 bridgehead atoms. The third-order valence-corrected chi connectivity index (χ3v) is 3.94. The van der Waals surface area contributed by atoms with Crippen LogP contribution >= 0.6 is 0 Å². The van der Waals surface area contributed by atoms with E-state index in [9.17, 15) is 8.42 Å². The Morgan fingerprint density at radius 3 is 2.78 bits per heavy atom. The first kappa shape index (κ1) is 14.9. The Morgan fingerprint density at radius 2 is 2.22 bits per heavy atom. The molecule has 7 nitrogen and oxygen atoms in total. The van der Waals surface area contributed by atoms with Crippen LogP contribution in [0, 0.1) is 0 Å². The van der Waals surface area contributed by atoms with E-state index in [4.69, 9.17) is 0 Å². The van der Waals surface area contributed by atoms with Crippen LogP contribution in [0.1, 0.15) is 13.3 Å². The Hall–Kier alpha value is -1.12. The van der Waals surface area contributed by atoms with E-state index in [1.807, 2.05) is 6.92 Å². The molecule has 0 aromatic carbocycles. The fraction of sp³-hybridized carbons (Fsp3) is 0.700. The summed E-state index contributed by atoms with van der Waals surface area (Å²) < 4.78 is 29.2. The maximum Gasteiger partial charge on any atom is 0.301 e. The van der Waals surface area contributed by atoms with Gasteiger partial charge in [-0.15, -0.1) is 0 Å². The number of anilines is 1. The third kappa shape index (κ3) is 4.63. The molecule has 0 atom stereocenters. The average molecular weight is 275 g/mol. The van der Waals surface area contributed by atoms with Crippen molar-refractivity contribution >= 4 is 15.9 Å². The van der Waals surface area contributed by atoms with E-state index >= 15 is 0 Å². The molecule has 0 spiro atoms. The molecule has 0 saturated carbocycles. The van der Waals surface area contributed by atoms with Crippen molar-refractivity contribution in [1.82, 2.24) is 19.4 Å². The van der Waals surface area contributed by atoms with Crippen molar-refractivity contribution in [3.05, 3.63) is 12.4 Å². The Bertz CT molecular complexity index is 457. The Labute approximate surface area is 108 Å². The molecule has 2 N–H and O–H groups in total. The molecular weight excluding hydrogens is 254 g/mol. The minimum absolute atomic E-state index is 0.469. The lowest BCUT2D eigenvalue weighted by atomic mass is 10.4. The van der Waals surface area contributed by atoms with Crippen molar-refractivity contribution in [2.24, 2.45) is 7.05 Å². The standard InChI is InChI=1S/C10H21N5O2S/c1-4-11-6-5-7-15(3)18(16,17)13-10-8-12-14(2)9-10/h8-9,11,13H,4-7H2,1-3H3. The molecule has 18 heavy (non-hydrogen) atoms. The van der Waals surface area contributed by atoms with Crippen LogP contribution in [0.15, 0.2) is 12.4 Å². The van der Waals surface area contributed by atoms with E-state index in [-0.39, 0.29) is 0 Å². The lowest BCUT2D eigenvalue weighted by molar-refractivity contribution is 0.459. The lowest BCUT2D eigenvalue weighted by Gasteiger charge is -2.17. The highest BCUT2D eigenvalue weighted by molar-refractivity contribution is 7.90. The number of rotatable bonds is 8. The number of nitrogens with zero attached hydrogens (tertiary/aromatic N) is 3. The summed E-state index contributed by atoms with van der Waals surface area (Å²) in [4.78, 5) is 0. The molecule has 1 aromatic rings. The first-order chi connectivity index (χ1) is 8.45. The minimum atomic E-state index is -3.48. The predicted molar refractivity (Wildman–Crippen MR) is 71.5 cm³/mol. The quantitative estimate of drug-likeness (QED) is 0.655. The minimum Gasteiger partial charge on any atom is -0.317 e. The largest absolute Gasteiger partial charge is 0.317 e. The second kappa shape index (κ2) is 6.72. The summed E-state index contributed by atoms with van der Waals surface area (Å²) in [6, 6.07) is 0. The first-order valence-corrected chi connectivity index (χ1v) is 7.33. The molecule has 8 heteroatoms. The average Bonchev–Trinajstić information content (AvgIpc) is 2.69. The number of hydrogen-bond donors (Lipinski definition) is 2. The van der Waals surface area contributed by atoms with Gasteiger partial charge in [-0.25, -0.2) is 0 Å². The number of aryl methyl sites for hydroxylation is 1. The summed E-state index contributed by atoms with van der Waals surface area (Å²) in [7, 11) is -0.191. The highest BCUT2D eigenvalue weighted by Crippen LogP contribution is 2.08. The van der Waals surface area contributed by atoms with Gasteiger partial charge in [0.2, 0.25) is 0 Å². The van der Waals surface area contributed by atoms with Gasteiger partial charge in [-0.3, -0.25) is 9.40 Å². The van der Waals surface area contributed by atoms with Crippen LogP contribution in [0.3, 0.4) is 0 Å². The highest BCUT2D eigenvalue weighted by atomic mass is 32.2. The van der Waals surface area contributed by atoms with E-state index < -0.39 is 10.2 Å². The second-order valence-electron chi connectivity index (χ2n) is 4.04. The Kier molecular flexibility index (Phi) is 5.57. The topological polar surface area (TPSA) is 79.3 Å². The van der Waals surface area contributed by atoms with Gasteiger partial charge in [0.05, 0.1) is 11.9 Å². The van der Waals surface area contributed by atoms with Crippen LogP contribution in [0.25, 0.3) is 0 Å². The summed E-state index contributed by atoms with van der Waals surface area (Å²) >= 11 is 0. The summed E-state index contributed by atoms with van der Waals surface area (Å²) in [5.74, 6) is 0. The van der Waals surface area contributed by atoms with Gasteiger partial charge in [0.15, 0.2) is 0 Å². The van der Waals surface area contributed by atoms with Gasteiger partial charge in [0, 0.05) is 26.8 Å². The normalized spacial score (nSPS) is 12.0. The monoisotopic (exact) mass is 275 g/mol. The number of nitrogens with one attached hydrogen (secondary N) is 2. The molecule has 104 valence electrons. The van der Waals surface area contributed by atoms with Crippen molar-refractivity contribution < 1.29 is 8.42 Å². The Morgan fingerprint density at radius 1 is 1.50 bits per heavy atom. The van der Waals surface area contributed by atoms with E-state index in [2.05, 4.69) is 15.1 Å². The molecule has 0 aliphatic carbocycles. The fourth-order valence-electron chi connectivity index (χ4n) is 1.42. The van der Waals surface area contributed by atoms with Crippen LogP contribution in [-0.4, -0.2) is 49.2 Å². The van der Waals surface area contributed by atoms with Gasteiger partial charge in [-0.1, -0.05) is 6.92 Å².